The number of aliphatic hydroxyl groups excluding tert-OH is 2. The van der Waals surface area contributed by atoms with Gasteiger partial charge in [0, 0.05) is 0 Å². The predicted molar refractivity (Wildman–Crippen MR) is 138 cm³/mol. The number of aromatic amines is 1. The van der Waals surface area contributed by atoms with Crippen LogP contribution in [0.5, 0.6) is 0 Å². The van der Waals surface area contributed by atoms with Crippen LogP contribution in [0.4, 0.5) is 20.5 Å². The number of H-pyrrole nitrogens is 1. The van der Waals surface area contributed by atoms with Gasteiger partial charge in [0.15, 0.2) is 46.7 Å². The molecule has 2 fully saturated rings. The Morgan fingerprint density at radius 3 is 2.76 bits per heavy atom. The van der Waals surface area contributed by atoms with Gasteiger partial charge < -0.3 is 40.6 Å². The highest BCUT2D eigenvalue weighted by Gasteiger charge is 2.57. The van der Waals surface area contributed by atoms with Gasteiger partial charge in [-0.05, 0) is 11.8 Å². The number of nitrogens with two attached hydrogens (primary N) is 2. The van der Waals surface area contributed by atoms with E-state index in [-0.39, 0.29) is 34.1 Å². The summed E-state index contributed by atoms with van der Waals surface area (Å²) in [7, 11) is 0. The fraction of sp³-hybridized carbons (Fsp3) is 0.526. The molecule has 8 N–H and O–H groups in total. The molecule has 1 unspecified atom stereocenters. The van der Waals surface area contributed by atoms with Crippen molar-refractivity contribution < 1.29 is 42.4 Å². The summed E-state index contributed by atoms with van der Waals surface area (Å²) in [5, 5.41) is 27.7. The summed E-state index contributed by atoms with van der Waals surface area (Å²) in [4.78, 5) is 41.2. The minimum Gasteiger partial charge on any atom is -0.394 e. The van der Waals surface area contributed by atoms with E-state index in [4.69, 9.17) is 41.8 Å². The fourth-order valence-electron chi connectivity index (χ4n) is 4.74. The predicted octanol–water partition coefficient (Wildman–Crippen LogP) is -2.25. The lowest BCUT2D eigenvalue weighted by molar-refractivity contribution is -0.0789. The van der Waals surface area contributed by atoms with Crippen molar-refractivity contribution in [3.05, 3.63) is 23.0 Å². The maximum atomic E-state index is 15.8. The molecule has 0 spiro atoms. The topological polar surface area (TPSA) is 270 Å². The third-order valence-corrected chi connectivity index (χ3v) is 8.34. The summed E-state index contributed by atoms with van der Waals surface area (Å²) in [6.07, 6.45) is -8.30. The first-order valence-electron chi connectivity index (χ1n) is 12.0. The number of nitrogen functional groups attached to an aromatic ring is 2. The molecule has 42 heavy (non-hydrogen) atoms. The molecule has 0 bridgehead atoms. The molecule has 2 aliphatic rings. The monoisotopic (exact) mass is 633 g/mol. The van der Waals surface area contributed by atoms with E-state index >= 15 is 8.78 Å². The Morgan fingerprint density at radius 2 is 2.02 bits per heavy atom. The normalized spacial score (nSPS) is 31.3. The van der Waals surface area contributed by atoms with Crippen molar-refractivity contribution in [3.63, 3.8) is 0 Å². The maximum absolute atomic E-state index is 15.8. The Hall–Kier alpha value is -3.34. The van der Waals surface area contributed by atoms with E-state index in [0.29, 0.717) is 0 Å². The van der Waals surface area contributed by atoms with Crippen molar-refractivity contribution in [1.29, 1.82) is 0 Å². The molecular formula is C19H22F2N11O8PS. The van der Waals surface area contributed by atoms with Crippen LogP contribution in [-0.2, 0) is 36.1 Å². The number of fused-ring (bicyclic) bond motifs is 2. The number of hydrogen-bond acceptors (Lipinski definition) is 16. The first-order chi connectivity index (χ1) is 20.0. The second-order valence-corrected chi connectivity index (χ2v) is 12.1. The van der Waals surface area contributed by atoms with Crippen LogP contribution in [0.25, 0.3) is 22.3 Å². The van der Waals surface area contributed by atoms with Crippen molar-refractivity contribution in [2.75, 3.05) is 31.3 Å². The molecular weight excluding hydrogens is 611 g/mol. The molecule has 0 amide bonds. The number of nitrogens with zero attached hydrogens (tertiary/aromatic N) is 8. The molecule has 0 saturated carbocycles. The van der Waals surface area contributed by atoms with Gasteiger partial charge in [-0.1, -0.05) is 5.21 Å². The van der Waals surface area contributed by atoms with E-state index < -0.39 is 74.7 Å². The summed E-state index contributed by atoms with van der Waals surface area (Å²) < 4.78 is 54.7. The minimum absolute atomic E-state index is 0.00852. The molecule has 4 aromatic rings. The highest BCUT2D eigenvalue weighted by molar-refractivity contribution is 8.07. The molecule has 226 valence electrons. The quantitative estimate of drug-likeness (QED) is 0.112. The Kier molecular flexibility index (Phi) is 7.14. The molecule has 19 nitrogen and oxygen atoms in total. The highest BCUT2D eigenvalue weighted by atomic mass is 32.5. The SMILES string of the molecule is Nc1nc2c(ncn2[C@@]2(OP(O)(=S)OC[C@H]3O[C@@H](n4nnc5c(N)ncnc54)[C@@H](F)[C@@H]3O)CO[C@H](CO)[C@H]2F)c(=O)[nH]1. The summed E-state index contributed by atoms with van der Waals surface area (Å²) in [6.45, 7) is -6.63. The molecule has 23 heteroatoms. The molecule has 2 saturated heterocycles. The van der Waals surface area contributed by atoms with Gasteiger partial charge in [0.2, 0.25) is 11.7 Å². The van der Waals surface area contributed by atoms with Crippen LogP contribution < -0.4 is 17.0 Å². The highest BCUT2D eigenvalue weighted by Crippen LogP contribution is 2.54. The molecule has 6 heterocycles. The Balaban J connectivity index is 1.25. The number of alkyl halides is 2. The number of ether oxygens (including phenoxy) is 2. The number of aromatic nitrogens is 9. The smallest absolute Gasteiger partial charge is 0.326 e. The van der Waals surface area contributed by atoms with Crippen LogP contribution in [0.2, 0.25) is 0 Å². The summed E-state index contributed by atoms with van der Waals surface area (Å²) in [5.74, 6) is -0.333. The van der Waals surface area contributed by atoms with E-state index in [0.717, 1.165) is 21.9 Å². The zero-order valence-electron chi connectivity index (χ0n) is 21.0. The van der Waals surface area contributed by atoms with Crippen LogP contribution in [0.1, 0.15) is 6.23 Å². The lowest BCUT2D eigenvalue weighted by atomic mass is 10.1. The zero-order valence-corrected chi connectivity index (χ0v) is 22.7. The molecule has 2 aliphatic heterocycles. The van der Waals surface area contributed by atoms with Crippen molar-refractivity contribution >= 4 is 52.6 Å². The largest absolute Gasteiger partial charge is 0.394 e. The number of hydrogen-bond donors (Lipinski definition) is 6. The van der Waals surface area contributed by atoms with Crippen molar-refractivity contribution in [2.24, 2.45) is 0 Å². The maximum Gasteiger partial charge on any atom is 0.326 e. The standard InChI is InChI=1S/C19H22F2N11O8PS/c20-8-11(34)7(39-17(8)32-14-9(29-30-32)13(22)24-4-25-14)2-38-41(36,42)40-19(3-37-6(1-33)12(19)21)31-5-26-10-15(31)27-18(23)28-16(10)35/h4-8,11-12,17,33-34H,1-3H2,(H,36,42)(H2,22,24,25)(H3,23,27,28,35)/t6-,7-,8+,11-,12-,17-,19-,41?/m1/s1. The van der Waals surface area contributed by atoms with Gasteiger partial charge in [0.25, 0.3) is 5.56 Å². The van der Waals surface area contributed by atoms with Gasteiger partial charge in [-0.15, -0.1) is 5.10 Å². The first kappa shape index (κ1) is 28.8. The molecule has 0 radical (unpaired) electrons. The molecule has 0 aliphatic carbocycles. The van der Waals surface area contributed by atoms with E-state index in [1.54, 1.807) is 0 Å². The first-order valence-corrected chi connectivity index (χ1v) is 14.6. The van der Waals surface area contributed by atoms with Gasteiger partial charge in [-0.3, -0.25) is 18.9 Å². The van der Waals surface area contributed by atoms with E-state index in [2.05, 4.69) is 35.2 Å². The summed E-state index contributed by atoms with van der Waals surface area (Å²) in [5.41, 5.74) is 7.95. The molecule has 8 atom stereocenters. The molecule has 4 aromatic heterocycles. The van der Waals surface area contributed by atoms with Gasteiger partial charge in [-0.25, -0.2) is 23.7 Å². The van der Waals surface area contributed by atoms with Crippen LogP contribution in [0.15, 0.2) is 17.4 Å². The van der Waals surface area contributed by atoms with Crippen molar-refractivity contribution in [3.8, 4) is 0 Å². The third-order valence-electron chi connectivity index (χ3n) is 6.77. The second-order valence-electron chi connectivity index (χ2n) is 9.34. The van der Waals surface area contributed by atoms with Crippen molar-refractivity contribution in [1.82, 2.24) is 44.5 Å². The number of rotatable bonds is 8. The lowest BCUT2D eigenvalue weighted by Gasteiger charge is -2.34. The van der Waals surface area contributed by atoms with Crippen LogP contribution in [-0.4, -0.2) is 110 Å². The number of nitrogens with one attached hydrogen (secondary N) is 1. The Morgan fingerprint density at radius 1 is 1.24 bits per heavy atom. The number of aliphatic hydroxyl groups is 2. The van der Waals surface area contributed by atoms with Crippen LogP contribution in [0, 0.1) is 0 Å². The van der Waals surface area contributed by atoms with Crippen LogP contribution in [0.3, 0.4) is 0 Å². The average Bonchev–Trinajstić information content (AvgIpc) is 3.70. The molecule has 6 rings (SSSR count). The molecule has 0 aromatic carbocycles. The number of halogens is 2. The van der Waals surface area contributed by atoms with E-state index in [9.17, 15) is 19.9 Å². The van der Waals surface area contributed by atoms with Gasteiger partial charge in [-0.2, -0.15) is 9.67 Å². The Labute approximate surface area is 236 Å². The summed E-state index contributed by atoms with van der Waals surface area (Å²) in [6, 6.07) is 0. The number of anilines is 2. The summed E-state index contributed by atoms with van der Waals surface area (Å²) >= 11 is 5.12. The van der Waals surface area contributed by atoms with Gasteiger partial charge in [0.05, 0.1) is 26.1 Å². The zero-order chi connectivity index (χ0) is 30.0. The van der Waals surface area contributed by atoms with Crippen molar-refractivity contribution in [2.45, 2.75) is 42.6 Å². The van der Waals surface area contributed by atoms with E-state index in [1.165, 1.54) is 0 Å². The van der Waals surface area contributed by atoms with Gasteiger partial charge in [0.1, 0.15) is 24.6 Å². The lowest BCUT2D eigenvalue weighted by Crippen LogP contribution is -2.46. The van der Waals surface area contributed by atoms with Crippen LogP contribution >= 0.6 is 6.72 Å². The fourth-order valence-corrected chi connectivity index (χ4v) is 6.34. The van der Waals surface area contributed by atoms with E-state index in [1.807, 2.05) is 0 Å². The minimum atomic E-state index is -4.50. The average molecular weight is 633 g/mol. The second kappa shape index (κ2) is 10.4. The number of imidazole rings is 1. The Bertz CT molecular complexity index is 1760. The third kappa shape index (κ3) is 4.60. The van der Waals surface area contributed by atoms with Gasteiger partial charge >= 0.3 is 6.72 Å².